The lowest BCUT2D eigenvalue weighted by Gasteiger charge is -2.35. The zero-order valence-electron chi connectivity index (χ0n) is 16.1. The van der Waals surface area contributed by atoms with Crippen molar-refractivity contribution < 1.29 is 14.3 Å². The number of benzene rings is 1. The van der Waals surface area contributed by atoms with E-state index in [-0.39, 0.29) is 36.6 Å². The van der Waals surface area contributed by atoms with Gasteiger partial charge in [-0.05, 0) is 26.0 Å². The second-order valence-corrected chi connectivity index (χ2v) is 7.06. The van der Waals surface area contributed by atoms with Crippen LogP contribution in [0.4, 0.5) is 0 Å². The third-order valence-electron chi connectivity index (χ3n) is 4.54. The smallest absolute Gasteiger partial charge is 0.261 e. The molecule has 1 saturated heterocycles. The second-order valence-electron chi connectivity index (χ2n) is 7.06. The molecule has 2 N–H and O–H groups in total. The molecule has 2 atom stereocenters. The van der Waals surface area contributed by atoms with Crippen molar-refractivity contribution >= 4 is 22.7 Å². The number of nitrogens with zero attached hydrogens (tertiary/aromatic N) is 3. The van der Waals surface area contributed by atoms with Crippen molar-refractivity contribution in [3.05, 3.63) is 40.9 Å². The fraction of sp³-hybridized carbons (Fsp3) is 0.474. The molecular formula is C19H25N5O4. The molecule has 1 aromatic carbocycles. The zero-order valence-corrected chi connectivity index (χ0v) is 16.1. The van der Waals surface area contributed by atoms with Gasteiger partial charge in [0.2, 0.25) is 5.91 Å². The number of nitrogens with one attached hydrogen (secondary N) is 2. The maximum Gasteiger partial charge on any atom is 0.261 e. The standard InChI is InChI=1S/C19H25N5O4/c1-13-9-23(10-14(2)28-13)8-7-17(25)21-22-18(26)11-24-12-20-16-6-4-3-5-15(16)19(24)27/h3-6,12-14H,7-11H2,1-2H3,(H,21,25)(H,22,26)/t13-,14+. The van der Waals surface area contributed by atoms with Crippen LogP contribution in [0.15, 0.2) is 35.4 Å². The van der Waals surface area contributed by atoms with E-state index in [1.807, 2.05) is 13.8 Å². The van der Waals surface area contributed by atoms with Crippen molar-refractivity contribution in [1.29, 1.82) is 0 Å². The van der Waals surface area contributed by atoms with Crippen LogP contribution in [0.2, 0.25) is 0 Å². The summed E-state index contributed by atoms with van der Waals surface area (Å²) in [4.78, 5) is 42.7. The Kier molecular flexibility index (Phi) is 6.37. The van der Waals surface area contributed by atoms with Gasteiger partial charge < -0.3 is 4.74 Å². The highest BCUT2D eigenvalue weighted by Gasteiger charge is 2.22. The van der Waals surface area contributed by atoms with Gasteiger partial charge in [0.05, 0.1) is 29.4 Å². The van der Waals surface area contributed by atoms with Crippen molar-refractivity contribution in [2.45, 2.75) is 39.0 Å². The summed E-state index contributed by atoms with van der Waals surface area (Å²) in [6, 6.07) is 6.93. The van der Waals surface area contributed by atoms with E-state index in [1.165, 1.54) is 10.9 Å². The van der Waals surface area contributed by atoms with Crippen molar-refractivity contribution in [3.63, 3.8) is 0 Å². The summed E-state index contributed by atoms with van der Waals surface area (Å²) >= 11 is 0. The number of hydrogen-bond acceptors (Lipinski definition) is 6. The third-order valence-corrected chi connectivity index (χ3v) is 4.54. The van der Waals surface area contributed by atoms with E-state index in [0.717, 1.165) is 13.1 Å². The Hall–Kier alpha value is -2.78. The number of hydrazine groups is 1. The average Bonchev–Trinajstić information content (AvgIpc) is 2.66. The maximum absolute atomic E-state index is 12.4. The van der Waals surface area contributed by atoms with Gasteiger partial charge in [0.25, 0.3) is 11.5 Å². The summed E-state index contributed by atoms with van der Waals surface area (Å²) in [5, 5.41) is 0.441. The van der Waals surface area contributed by atoms with E-state index in [9.17, 15) is 14.4 Å². The van der Waals surface area contributed by atoms with Crippen molar-refractivity contribution in [2.24, 2.45) is 0 Å². The molecule has 1 fully saturated rings. The highest BCUT2D eigenvalue weighted by atomic mass is 16.5. The van der Waals surface area contributed by atoms with Crippen LogP contribution in [-0.2, 0) is 20.9 Å². The number of fused-ring (bicyclic) bond motifs is 1. The molecule has 0 spiro atoms. The van der Waals surface area contributed by atoms with Gasteiger partial charge in [-0.3, -0.25) is 34.7 Å². The van der Waals surface area contributed by atoms with Gasteiger partial charge in [-0.1, -0.05) is 12.1 Å². The molecule has 1 aliphatic rings. The summed E-state index contributed by atoms with van der Waals surface area (Å²) in [5.74, 6) is -0.787. The Balaban J connectivity index is 1.46. The molecule has 0 unspecified atom stereocenters. The van der Waals surface area contributed by atoms with Crippen molar-refractivity contribution in [2.75, 3.05) is 19.6 Å². The summed E-state index contributed by atoms with van der Waals surface area (Å²) in [5.41, 5.74) is 5.00. The first-order chi connectivity index (χ1) is 13.4. The molecule has 0 aliphatic carbocycles. The van der Waals surface area contributed by atoms with Gasteiger partial charge in [0.15, 0.2) is 0 Å². The lowest BCUT2D eigenvalue weighted by Crippen LogP contribution is -2.48. The molecule has 0 bridgehead atoms. The van der Waals surface area contributed by atoms with E-state index in [0.29, 0.717) is 17.4 Å². The zero-order chi connectivity index (χ0) is 20.1. The number of aromatic nitrogens is 2. The van der Waals surface area contributed by atoms with Gasteiger partial charge in [-0.25, -0.2) is 4.98 Å². The van der Waals surface area contributed by atoms with Crippen LogP contribution in [0.25, 0.3) is 10.9 Å². The van der Waals surface area contributed by atoms with Gasteiger partial charge in [-0.15, -0.1) is 0 Å². The van der Waals surface area contributed by atoms with Crippen LogP contribution in [0, 0.1) is 0 Å². The van der Waals surface area contributed by atoms with Crippen LogP contribution >= 0.6 is 0 Å². The molecular weight excluding hydrogens is 362 g/mol. The van der Waals surface area contributed by atoms with Gasteiger partial charge in [0, 0.05) is 26.1 Å². The lowest BCUT2D eigenvalue weighted by molar-refractivity contribution is -0.129. The number of carbonyl (C=O) groups is 2. The Labute approximate surface area is 162 Å². The van der Waals surface area contributed by atoms with E-state index in [2.05, 4.69) is 20.7 Å². The highest BCUT2D eigenvalue weighted by Crippen LogP contribution is 2.10. The van der Waals surface area contributed by atoms with Gasteiger partial charge in [0.1, 0.15) is 6.54 Å². The van der Waals surface area contributed by atoms with Gasteiger partial charge >= 0.3 is 0 Å². The normalized spacial score (nSPS) is 20.1. The summed E-state index contributed by atoms with van der Waals surface area (Å²) in [6.07, 6.45) is 1.87. The van der Waals surface area contributed by atoms with Crippen molar-refractivity contribution in [3.8, 4) is 0 Å². The monoisotopic (exact) mass is 387 g/mol. The molecule has 2 amide bonds. The Bertz CT molecular complexity index is 903. The predicted molar refractivity (Wildman–Crippen MR) is 103 cm³/mol. The largest absolute Gasteiger partial charge is 0.373 e. The minimum atomic E-state index is -0.499. The minimum Gasteiger partial charge on any atom is -0.373 e. The van der Waals surface area contributed by atoms with Crippen molar-refractivity contribution in [1.82, 2.24) is 25.3 Å². The topological polar surface area (TPSA) is 106 Å². The molecule has 9 heteroatoms. The first kappa shape index (κ1) is 20.0. The number of para-hydroxylation sites is 1. The Morgan fingerprint density at radius 3 is 2.57 bits per heavy atom. The molecule has 1 aliphatic heterocycles. The predicted octanol–water partition coefficient (Wildman–Crippen LogP) is 0.0432. The number of morpholine rings is 1. The van der Waals surface area contributed by atoms with Gasteiger partial charge in [-0.2, -0.15) is 0 Å². The first-order valence-electron chi connectivity index (χ1n) is 9.32. The number of carbonyl (C=O) groups excluding carboxylic acids is 2. The SMILES string of the molecule is C[C@@H]1CN(CCC(=O)NNC(=O)Cn2cnc3ccccc3c2=O)C[C@H](C)O1. The molecule has 1 aromatic heterocycles. The fourth-order valence-electron chi connectivity index (χ4n) is 3.34. The van der Waals surface area contributed by atoms with E-state index < -0.39 is 5.91 Å². The summed E-state index contributed by atoms with van der Waals surface area (Å²) in [6.45, 7) is 5.94. The fourth-order valence-corrected chi connectivity index (χ4v) is 3.34. The molecule has 3 rings (SSSR count). The molecule has 150 valence electrons. The first-order valence-corrected chi connectivity index (χ1v) is 9.32. The molecule has 2 aromatic rings. The minimum absolute atomic E-state index is 0.139. The lowest BCUT2D eigenvalue weighted by atomic mass is 10.2. The quantitative estimate of drug-likeness (QED) is 0.702. The molecule has 0 radical (unpaired) electrons. The Morgan fingerprint density at radius 2 is 1.82 bits per heavy atom. The number of rotatable bonds is 5. The molecule has 9 nitrogen and oxygen atoms in total. The summed E-state index contributed by atoms with van der Waals surface area (Å²) < 4.78 is 6.87. The number of amides is 2. The van der Waals surface area contributed by atoms with Crippen LogP contribution in [0.5, 0.6) is 0 Å². The van der Waals surface area contributed by atoms with E-state index in [4.69, 9.17) is 4.74 Å². The van der Waals surface area contributed by atoms with E-state index >= 15 is 0 Å². The molecule has 2 heterocycles. The van der Waals surface area contributed by atoms with E-state index in [1.54, 1.807) is 24.3 Å². The second kappa shape index (κ2) is 8.94. The van der Waals surface area contributed by atoms with Crippen LogP contribution in [0.1, 0.15) is 20.3 Å². The molecule has 0 saturated carbocycles. The molecule has 28 heavy (non-hydrogen) atoms. The third kappa shape index (κ3) is 5.14. The maximum atomic E-state index is 12.4. The van der Waals surface area contributed by atoms with Crippen LogP contribution < -0.4 is 16.4 Å². The number of hydrogen-bond donors (Lipinski definition) is 2. The van der Waals surface area contributed by atoms with Crippen LogP contribution in [0.3, 0.4) is 0 Å². The average molecular weight is 387 g/mol. The highest BCUT2D eigenvalue weighted by molar-refractivity contribution is 5.82. The number of ether oxygens (including phenoxy) is 1. The van der Waals surface area contributed by atoms with Crippen LogP contribution in [-0.4, -0.2) is 58.1 Å². The summed E-state index contributed by atoms with van der Waals surface area (Å²) in [7, 11) is 0. The Morgan fingerprint density at radius 1 is 1.14 bits per heavy atom.